The molecule has 1 aliphatic carbocycles. The maximum atomic E-state index is 14.1. The van der Waals surface area contributed by atoms with E-state index in [1.165, 1.54) is 17.0 Å². The maximum absolute atomic E-state index is 14.1. The molecule has 6 rings (SSSR count). The normalized spacial score (nSPS) is 19.8. The lowest BCUT2D eigenvalue weighted by Crippen LogP contribution is -2.45. The molecule has 0 bridgehead atoms. The van der Waals surface area contributed by atoms with Gasteiger partial charge in [0.15, 0.2) is 0 Å². The van der Waals surface area contributed by atoms with Crippen molar-refractivity contribution in [2.24, 2.45) is 22.1 Å². The Bertz CT molecular complexity index is 1550. The second kappa shape index (κ2) is 9.20. The molecular weight excluding hydrogens is 495 g/mol. The smallest absolute Gasteiger partial charge is 0.296 e. The Hall–Kier alpha value is -3.78. The minimum atomic E-state index is -4.63. The quantitative estimate of drug-likeness (QED) is 0.446. The second-order valence-corrected chi connectivity index (χ2v) is 10.4. The van der Waals surface area contributed by atoms with Crippen LogP contribution in [0.1, 0.15) is 41.9 Å². The SMILES string of the molecule is C[N+]1=CN=N[C]1[C@@H](c1cccc(-n2cc3c(C(F)(F)F)cc(CN4CC(C#N)C4)cn3c2=O)c1)C1CCC1. The first-order chi connectivity index (χ1) is 18.2. The zero-order valence-electron chi connectivity index (χ0n) is 20.8. The number of fused-ring (bicyclic) bond motifs is 1. The van der Waals surface area contributed by atoms with Crippen LogP contribution in [0.15, 0.2) is 57.7 Å². The van der Waals surface area contributed by atoms with Gasteiger partial charge in [-0.05, 0) is 53.2 Å². The molecule has 2 fully saturated rings. The molecule has 8 nitrogen and oxygen atoms in total. The van der Waals surface area contributed by atoms with Gasteiger partial charge >= 0.3 is 24.4 Å². The van der Waals surface area contributed by atoms with Crippen LogP contribution in [0, 0.1) is 29.3 Å². The molecule has 0 unspecified atom stereocenters. The first kappa shape index (κ1) is 24.6. The van der Waals surface area contributed by atoms with Crippen LogP contribution in [0.2, 0.25) is 0 Å². The molecule has 11 heteroatoms. The highest BCUT2D eigenvalue weighted by Gasteiger charge is 2.42. The highest BCUT2D eigenvalue weighted by molar-refractivity contribution is 5.58. The minimum absolute atomic E-state index is 0.0185. The van der Waals surface area contributed by atoms with E-state index in [-0.39, 0.29) is 23.9 Å². The summed E-state index contributed by atoms with van der Waals surface area (Å²) in [6.07, 6.45) is 3.85. The van der Waals surface area contributed by atoms with E-state index in [2.05, 4.69) is 16.3 Å². The highest BCUT2D eigenvalue weighted by atomic mass is 19.4. The Morgan fingerprint density at radius 1 is 1.21 bits per heavy atom. The molecule has 1 atom stereocenters. The number of alkyl halides is 3. The van der Waals surface area contributed by atoms with Gasteiger partial charge < -0.3 is 0 Å². The van der Waals surface area contributed by atoms with Crippen molar-refractivity contribution in [3.8, 4) is 11.8 Å². The van der Waals surface area contributed by atoms with Crippen LogP contribution in [0.3, 0.4) is 0 Å². The van der Waals surface area contributed by atoms with Crippen LogP contribution in [-0.2, 0) is 12.7 Å². The van der Waals surface area contributed by atoms with E-state index >= 15 is 0 Å². The highest BCUT2D eigenvalue weighted by Crippen LogP contribution is 2.46. The van der Waals surface area contributed by atoms with E-state index in [9.17, 15) is 18.0 Å². The van der Waals surface area contributed by atoms with Gasteiger partial charge in [0.25, 0.3) is 0 Å². The topological polar surface area (TPSA) is 81.2 Å². The first-order valence-corrected chi connectivity index (χ1v) is 12.6. The summed E-state index contributed by atoms with van der Waals surface area (Å²) in [5, 5.41) is 17.4. The molecule has 3 aromatic rings. The van der Waals surface area contributed by atoms with Gasteiger partial charge in [0, 0.05) is 32.0 Å². The zero-order chi connectivity index (χ0) is 26.6. The molecule has 1 aromatic carbocycles. The number of pyridine rings is 1. The predicted octanol–water partition coefficient (Wildman–Crippen LogP) is 4.57. The first-order valence-electron chi connectivity index (χ1n) is 12.6. The third-order valence-corrected chi connectivity index (χ3v) is 7.83. The standard InChI is InChI=1S/C27H26F3N7O/c1-34-16-32-33-25(34)24(19-4-2-5-19)20-6-3-7-21(9-20)36-15-23-22(27(28,29)30)8-17(14-37(23)26(36)38)11-35-12-18(10-31)13-35/h3,6-9,14-16,18-19,24H,2,4-5,11-13H2,1H3/q+1/t24-/m1/s1. The molecule has 0 amide bonds. The van der Waals surface area contributed by atoms with Crippen LogP contribution in [0.4, 0.5) is 13.2 Å². The van der Waals surface area contributed by atoms with Gasteiger partial charge in [-0.25, -0.2) is 9.37 Å². The van der Waals surface area contributed by atoms with E-state index in [4.69, 9.17) is 5.26 Å². The molecule has 0 N–H and O–H groups in total. The van der Waals surface area contributed by atoms with Gasteiger partial charge in [-0.3, -0.25) is 13.9 Å². The van der Waals surface area contributed by atoms with E-state index in [0.717, 1.165) is 41.5 Å². The van der Waals surface area contributed by atoms with Crippen LogP contribution in [0.5, 0.6) is 0 Å². The lowest BCUT2D eigenvalue weighted by atomic mass is 9.71. The van der Waals surface area contributed by atoms with E-state index in [0.29, 0.717) is 30.3 Å². The number of benzene rings is 1. The molecule has 0 spiro atoms. The largest absolute Gasteiger partial charge is 0.418 e. The van der Waals surface area contributed by atoms with Gasteiger partial charge in [-0.15, -0.1) is 0 Å². The Kier molecular flexibility index (Phi) is 5.94. The number of nitriles is 1. The number of azo groups is 1. The minimum Gasteiger partial charge on any atom is -0.296 e. The number of imidazole rings is 1. The van der Waals surface area contributed by atoms with Crippen LogP contribution < -0.4 is 5.69 Å². The average Bonchev–Trinajstić information content (AvgIpc) is 3.40. The maximum Gasteiger partial charge on any atom is 0.418 e. The molecule has 1 radical (unpaired) electrons. The van der Waals surface area contributed by atoms with Gasteiger partial charge in [0.1, 0.15) is 0 Å². The van der Waals surface area contributed by atoms with Crippen molar-refractivity contribution in [1.82, 2.24) is 13.9 Å². The molecule has 4 heterocycles. The summed E-state index contributed by atoms with van der Waals surface area (Å²) in [4.78, 5) is 15.4. The third kappa shape index (κ3) is 4.22. The van der Waals surface area contributed by atoms with Gasteiger partial charge in [0.05, 0.1) is 46.8 Å². The second-order valence-electron chi connectivity index (χ2n) is 10.4. The van der Waals surface area contributed by atoms with Crippen molar-refractivity contribution in [3.05, 3.63) is 76.1 Å². The summed E-state index contributed by atoms with van der Waals surface area (Å²) in [6, 6.07) is 10.7. The van der Waals surface area contributed by atoms with Crippen LogP contribution in [0.25, 0.3) is 11.2 Å². The van der Waals surface area contributed by atoms with Crippen molar-refractivity contribution in [3.63, 3.8) is 0 Å². The number of nitrogens with zero attached hydrogens (tertiary/aromatic N) is 7. The number of rotatable bonds is 6. The molecule has 1 saturated carbocycles. The molecule has 1 saturated heterocycles. The van der Waals surface area contributed by atoms with E-state index in [1.54, 1.807) is 12.4 Å². The molecule has 2 aromatic heterocycles. The van der Waals surface area contributed by atoms with Gasteiger partial charge in [0.2, 0.25) is 0 Å². The van der Waals surface area contributed by atoms with Crippen molar-refractivity contribution in [2.75, 3.05) is 20.1 Å². The molecule has 195 valence electrons. The summed E-state index contributed by atoms with van der Waals surface area (Å²) in [5.41, 5.74) is 0.206. The average molecular weight is 522 g/mol. The fourth-order valence-corrected chi connectivity index (χ4v) is 5.63. The lowest BCUT2D eigenvalue weighted by molar-refractivity contribution is -0.480. The summed E-state index contributed by atoms with van der Waals surface area (Å²) in [5.74, 6) is 0.261. The Balaban J connectivity index is 1.41. The lowest BCUT2D eigenvalue weighted by Gasteiger charge is -2.35. The molecule has 38 heavy (non-hydrogen) atoms. The number of halogens is 3. The van der Waals surface area contributed by atoms with Crippen molar-refractivity contribution < 1.29 is 17.7 Å². The van der Waals surface area contributed by atoms with E-state index < -0.39 is 17.4 Å². The monoisotopic (exact) mass is 521 g/mol. The van der Waals surface area contributed by atoms with E-state index in [1.807, 2.05) is 34.7 Å². The summed E-state index contributed by atoms with van der Waals surface area (Å²) in [6.45, 7) is 1.25. The number of likely N-dealkylation sites (tertiary alicyclic amines) is 1. The Morgan fingerprint density at radius 2 is 2.00 bits per heavy atom. The summed E-state index contributed by atoms with van der Waals surface area (Å²) >= 11 is 0. The van der Waals surface area contributed by atoms with Crippen LogP contribution in [-0.4, -0.2) is 44.9 Å². The fraction of sp³-hybridized carbons (Fsp3) is 0.407. The number of aromatic nitrogens is 2. The van der Waals surface area contributed by atoms with Crippen molar-refractivity contribution >= 4 is 11.9 Å². The molecular formula is C27H26F3N7O+. The van der Waals surface area contributed by atoms with Crippen molar-refractivity contribution in [1.29, 1.82) is 5.26 Å². The van der Waals surface area contributed by atoms with Gasteiger partial charge in [-0.2, -0.15) is 18.4 Å². The Labute approximate surface area is 216 Å². The number of likely N-dealkylation sites (N-methyl/N-ethyl adjacent to an activating group) is 1. The molecule has 2 aliphatic heterocycles. The molecule has 3 aliphatic rings. The predicted molar refractivity (Wildman–Crippen MR) is 133 cm³/mol. The van der Waals surface area contributed by atoms with Crippen molar-refractivity contribution in [2.45, 2.75) is 37.9 Å². The van der Waals surface area contributed by atoms with Crippen LogP contribution >= 0.6 is 0 Å². The summed E-state index contributed by atoms with van der Waals surface area (Å²) < 4.78 is 46.5. The van der Waals surface area contributed by atoms with Gasteiger partial charge in [-0.1, -0.05) is 18.6 Å². The fourth-order valence-electron chi connectivity index (χ4n) is 5.63. The summed E-state index contributed by atoms with van der Waals surface area (Å²) in [7, 11) is 1.90. The Morgan fingerprint density at radius 3 is 2.63 bits per heavy atom. The third-order valence-electron chi connectivity index (χ3n) is 7.83. The zero-order valence-corrected chi connectivity index (χ0v) is 20.8. The number of hydrogen-bond acceptors (Lipinski definition) is 5. The number of hydrogen-bond donors (Lipinski definition) is 0.